The molecule has 0 spiro atoms. The molecule has 0 aliphatic heterocycles. The molecule has 1 amide bonds. The quantitative estimate of drug-likeness (QED) is 0.675. The minimum absolute atomic E-state index is 0.130. The fourth-order valence-corrected chi connectivity index (χ4v) is 3.43. The molecule has 8 heteroatoms. The lowest BCUT2D eigenvalue weighted by Gasteiger charge is -2.20. The summed E-state index contributed by atoms with van der Waals surface area (Å²) < 4.78 is 12.6. The predicted molar refractivity (Wildman–Crippen MR) is 103 cm³/mol. The fraction of sp³-hybridized carbons (Fsp3) is 0.316. The van der Waals surface area contributed by atoms with Crippen LogP contribution in [0.2, 0.25) is 0 Å². The van der Waals surface area contributed by atoms with E-state index >= 15 is 0 Å². The van der Waals surface area contributed by atoms with E-state index in [1.807, 2.05) is 42.2 Å². The first-order chi connectivity index (χ1) is 13.0. The zero-order valence-electron chi connectivity index (χ0n) is 15.7. The predicted octanol–water partition coefficient (Wildman–Crippen LogP) is 2.65. The molecule has 3 rings (SSSR count). The maximum Gasteiger partial charge on any atom is 0.226 e. The maximum absolute atomic E-state index is 12.7. The van der Waals surface area contributed by atoms with Crippen molar-refractivity contribution in [1.82, 2.24) is 19.9 Å². The van der Waals surface area contributed by atoms with E-state index in [1.54, 1.807) is 26.5 Å². The number of imidazole rings is 1. The molecule has 0 aliphatic rings. The molecule has 1 atom stereocenters. The molecule has 0 saturated carbocycles. The van der Waals surface area contributed by atoms with Crippen LogP contribution in [0.5, 0.6) is 11.5 Å². The Labute approximate surface area is 162 Å². The van der Waals surface area contributed by atoms with Crippen molar-refractivity contribution >= 4 is 17.2 Å². The second-order valence-corrected chi connectivity index (χ2v) is 7.14. The van der Waals surface area contributed by atoms with Crippen LogP contribution < -0.4 is 14.8 Å². The molecule has 0 saturated heterocycles. The third-order valence-electron chi connectivity index (χ3n) is 4.14. The number of nitrogens with one attached hydrogen (secondary N) is 1. The molecule has 0 fully saturated rings. The van der Waals surface area contributed by atoms with Crippen LogP contribution in [0.25, 0.3) is 0 Å². The molecular formula is C19H22N4O3S. The van der Waals surface area contributed by atoms with Crippen LogP contribution in [-0.4, -0.2) is 34.7 Å². The molecule has 1 N–H and O–H groups in total. The Balaban J connectivity index is 1.92. The van der Waals surface area contributed by atoms with Gasteiger partial charge in [0.25, 0.3) is 0 Å². The summed E-state index contributed by atoms with van der Waals surface area (Å²) in [6.45, 7) is 1.92. The van der Waals surface area contributed by atoms with Gasteiger partial charge in [-0.05, 0) is 24.6 Å². The van der Waals surface area contributed by atoms with Crippen LogP contribution in [0.3, 0.4) is 0 Å². The van der Waals surface area contributed by atoms with Gasteiger partial charge >= 0.3 is 0 Å². The fourth-order valence-electron chi connectivity index (χ4n) is 2.81. The molecular weight excluding hydrogens is 364 g/mol. The molecule has 2 aromatic heterocycles. The van der Waals surface area contributed by atoms with Gasteiger partial charge in [0, 0.05) is 30.9 Å². The van der Waals surface area contributed by atoms with Gasteiger partial charge in [0.1, 0.15) is 23.4 Å². The lowest BCUT2D eigenvalue weighted by Crippen LogP contribution is -2.32. The Bertz CT molecular complexity index is 912. The number of nitrogens with zero attached hydrogens (tertiary/aromatic N) is 3. The van der Waals surface area contributed by atoms with Crippen molar-refractivity contribution in [2.75, 3.05) is 14.2 Å². The Morgan fingerprint density at radius 2 is 1.96 bits per heavy atom. The van der Waals surface area contributed by atoms with Gasteiger partial charge in [0.05, 0.1) is 31.3 Å². The van der Waals surface area contributed by atoms with Crippen LogP contribution in [0.4, 0.5) is 0 Å². The lowest BCUT2D eigenvalue weighted by atomic mass is 10.0. The number of methoxy groups -OCH3 is 2. The lowest BCUT2D eigenvalue weighted by molar-refractivity contribution is -0.121. The van der Waals surface area contributed by atoms with Crippen LogP contribution in [0, 0.1) is 6.92 Å². The molecule has 3 aromatic rings. The normalized spacial score (nSPS) is 11.9. The summed E-state index contributed by atoms with van der Waals surface area (Å²) in [5, 5.41) is 5.91. The zero-order valence-corrected chi connectivity index (χ0v) is 16.5. The van der Waals surface area contributed by atoms with Crippen LogP contribution >= 0.6 is 11.3 Å². The van der Waals surface area contributed by atoms with Gasteiger partial charge in [0.15, 0.2) is 0 Å². The summed E-state index contributed by atoms with van der Waals surface area (Å²) in [5.41, 5.74) is 1.58. The maximum atomic E-state index is 12.7. The molecule has 1 aromatic carbocycles. The van der Waals surface area contributed by atoms with Crippen molar-refractivity contribution in [1.29, 1.82) is 0 Å². The number of amides is 1. The molecule has 0 aliphatic carbocycles. The van der Waals surface area contributed by atoms with Crippen LogP contribution in [0.15, 0.2) is 36.0 Å². The number of carbonyl (C=O) groups is 1. The Morgan fingerprint density at radius 1 is 1.26 bits per heavy atom. The SMILES string of the molecule is COc1cc(OC)cc(C(NC(=O)Cc2csc(C)n2)c2nccn2C)c1. The van der Waals surface area contributed by atoms with Gasteiger partial charge in [-0.25, -0.2) is 9.97 Å². The first kappa shape index (κ1) is 18.9. The molecule has 142 valence electrons. The van der Waals surface area contributed by atoms with Crippen molar-refractivity contribution < 1.29 is 14.3 Å². The monoisotopic (exact) mass is 386 g/mol. The number of thiazole rings is 1. The molecule has 1 unspecified atom stereocenters. The molecule has 2 heterocycles. The van der Waals surface area contributed by atoms with Gasteiger partial charge in [-0.3, -0.25) is 4.79 Å². The van der Waals surface area contributed by atoms with Gasteiger partial charge in [-0.2, -0.15) is 0 Å². The number of ether oxygens (including phenoxy) is 2. The third-order valence-corrected chi connectivity index (χ3v) is 4.96. The topological polar surface area (TPSA) is 78.3 Å². The van der Waals surface area contributed by atoms with Gasteiger partial charge in [-0.1, -0.05) is 0 Å². The Hall–Kier alpha value is -2.87. The second-order valence-electron chi connectivity index (χ2n) is 6.08. The van der Waals surface area contributed by atoms with Crippen LogP contribution in [0.1, 0.15) is 28.1 Å². The highest BCUT2D eigenvalue weighted by Gasteiger charge is 2.22. The number of carbonyl (C=O) groups excluding carboxylic acids is 1. The Morgan fingerprint density at radius 3 is 2.48 bits per heavy atom. The highest BCUT2D eigenvalue weighted by atomic mass is 32.1. The summed E-state index contributed by atoms with van der Waals surface area (Å²) in [7, 11) is 5.08. The standard InChI is InChI=1S/C19H22N4O3S/c1-12-21-14(11-27-12)9-17(24)22-18(19-20-5-6-23(19)2)13-7-15(25-3)10-16(8-13)26-4/h5-8,10-11,18H,9H2,1-4H3,(H,22,24). The number of benzene rings is 1. The van der Waals surface area contributed by atoms with E-state index in [0.29, 0.717) is 17.3 Å². The number of hydrogen-bond donors (Lipinski definition) is 1. The van der Waals surface area contributed by atoms with Crippen molar-refractivity contribution in [3.05, 3.63) is 58.1 Å². The first-order valence-electron chi connectivity index (χ1n) is 8.40. The second kappa shape index (κ2) is 8.22. The summed E-state index contributed by atoms with van der Waals surface area (Å²) >= 11 is 1.53. The summed E-state index contributed by atoms with van der Waals surface area (Å²) in [5.74, 6) is 1.88. The molecule has 0 radical (unpaired) electrons. The third kappa shape index (κ3) is 4.46. The summed E-state index contributed by atoms with van der Waals surface area (Å²) in [6, 6.07) is 5.09. The van der Waals surface area contributed by atoms with Gasteiger partial charge < -0.3 is 19.4 Å². The zero-order chi connectivity index (χ0) is 19.4. The minimum atomic E-state index is -0.443. The average molecular weight is 386 g/mol. The van der Waals surface area contributed by atoms with Crippen LogP contribution in [-0.2, 0) is 18.3 Å². The van der Waals surface area contributed by atoms with E-state index in [-0.39, 0.29) is 12.3 Å². The van der Waals surface area contributed by atoms with E-state index in [2.05, 4.69) is 15.3 Å². The number of aromatic nitrogens is 3. The smallest absolute Gasteiger partial charge is 0.226 e. The average Bonchev–Trinajstić information content (AvgIpc) is 3.27. The van der Waals surface area contributed by atoms with Gasteiger partial charge in [0.2, 0.25) is 5.91 Å². The largest absolute Gasteiger partial charge is 0.497 e. The molecule has 27 heavy (non-hydrogen) atoms. The van der Waals surface area contributed by atoms with E-state index in [0.717, 1.165) is 16.3 Å². The highest BCUT2D eigenvalue weighted by molar-refractivity contribution is 7.09. The molecule has 0 bridgehead atoms. The van der Waals surface area contributed by atoms with Crippen molar-refractivity contribution in [2.24, 2.45) is 7.05 Å². The van der Waals surface area contributed by atoms with Gasteiger partial charge in [-0.15, -0.1) is 11.3 Å². The van der Waals surface area contributed by atoms with E-state index in [1.165, 1.54) is 11.3 Å². The number of hydrogen-bond acceptors (Lipinski definition) is 6. The minimum Gasteiger partial charge on any atom is -0.497 e. The highest BCUT2D eigenvalue weighted by Crippen LogP contribution is 2.29. The Kier molecular flexibility index (Phi) is 5.75. The summed E-state index contributed by atoms with van der Waals surface area (Å²) in [4.78, 5) is 21.5. The van der Waals surface area contributed by atoms with E-state index < -0.39 is 6.04 Å². The number of aryl methyl sites for hydroxylation is 2. The van der Waals surface area contributed by atoms with Crippen molar-refractivity contribution in [3.63, 3.8) is 0 Å². The first-order valence-corrected chi connectivity index (χ1v) is 9.28. The van der Waals surface area contributed by atoms with E-state index in [9.17, 15) is 4.79 Å². The van der Waals surface area contributed by atoms with Crippen molar-refractivity contribution in [3.8, 4) is 11.5 Å². The van der Waals surface area contributed by atoms with E-state index in [4.69, 9.17) is 9.47 Å². The molecule has 7 nitrogen and oxygen atoms in total. The summed E-state index contributed by atoms with van der Waals surface area (Å²) in [6.07, 6.45) is 3.76. The number of rotatable bonds is 7. The van der Waals surface area contributed by atoms with Crippen molar-refractivity contribution in [2.45, 2.75) is 19.4 Å².